The molecule has 1 heterocycles. The molecule has 218 valence electrons. The second-order valence-corrected chi connectivity index (χ2v) is 10.3. The topological polar surface area (TPSA) is 126 Å². The van der Waals surface area contributed by atoms with Gasteiger partial charge >= 0.3 is 6.03 Å². The van der Waals surface area contributed by atoms with Crippen molar-refractivity contribution in [3.05, 3.63) is 87.5 Å². The summed E-state index contributed by atoms with van der Waals surface area (Å²) >= 11 is 3.46. The molecule has 11 heteroatoms. The van der Waals surface area contributed by atoms with Crippen LogP contribution in [0.3, 0.4) is 0 Å². The Bertz CT molecular complexity index is 1540. The summed E-state index contributed by atoms with van der Waals surface area (Å²) in [7, 11) is 0. The number of ether oxygens (including phenoxy) is 2. The first-order valence-corrected chi connectivity index (χ1v) is 14.2. The Labute approximate surface area is 252 Å². The fraction of sp³-hybridized carbons (Fsp3) is 0.226. The van der Waals surface area contributed by atoms with Gasteiger partial charge in [0.05, 0.1) is 11.1 Å². The van der Waals surface area contributed by atoms with Crippen LogP contribution >= 0.6 is 15.9 Å². The summed E-state index contributed by atoms with van der Waals surface area (Å²) in [6.07, 6.45) is 2.20. The number of urea groups is 1. The Hall–Kier alpha value is -4.64. The van der Waals surface area contributed by atoms with Gasteiger partial charge in [0.25, 0.3) is 11.8 Å². The molecule has 0 saturated carbocycles. The molecule has 1 aliphatic heterocycles. The maximum atomic E-state index is 13.0. The first-order valence-electron chi connectivity index (χ1n) is 13.4. The molecule has 1 aliphatic rings. The average Bonchev–Trinajstić information content (AvgIpc) is 3.21. The number of nitrogens with zero attached hydrogens (tertiary/aromatic N) is 1. The minimum atomic E-state index is -0.700. The minimum absolute atomic E-state index is 0.00208. The molecule has 10 nitrogen and oxygen atoms in total. The van der Waals surface area contributed by atoms with Crippen molar-refractivity contribution in [1.82, 2.24) is 10.2 Å². The van der Waals surface area contributed by atoms with E-state index in [1.54, 1.807) is 43.3 Å². The molecular weight excluding hydrogens is 604 g/mol. The highest BCUT2D eigenvalue weighted by Gasteiger charge is 2.35. The molecule has 3 aromatic rings. The SMILES string of the molecule is CCOc1cc(/C=C2/NC(=O)N(CC(=O)Nc3ccccc3CC)C2=O)cc(Br)c1OCC(=O)Nc1ccc(C)cc1. The number of carbonyl (C=O) groups is 4. The molecule has 0 aromatic heterocycles. The Morgan fingerprint density at radius 3 is 2.43 bits per heavy atom. The van der Waals surface area contributed by atoms with Gasteiger partial charge < -0.3 is 25.4 Å². The lowest BCUT2D eigenvalue weighted by atomic mass is 10.1. The van der Waals surface area contributed by atoms with E-state index >= 15 is 0 Å². The van der Waals surface area contributed by atoms with E-state index < -0.39 is 24.4 Å². The normalized spacial score (nSPS) is 13.6. The van der Waals surface area contributed by atoms with Gasteiger partial charge in [0.15, 0.2) is 18.1 Å². The van der Waals surface area contributed by atoms with Gasteiger partial charge in [-0.15, -0.1) is 0 Å². The van der Waals surface area contributed by atoms with Gasteiger partial charge in [-0.25, -0.2) is 9.69 Å². The molecule has 3 N–H and O–H groups in total. The predicted molar refractivity (Wildman–Crippen MR) is 163 cm³/mol. The third-order valence-corrected chi connectivity index (χ3v) is 6.85. The summed E-state index contributed by atoms with van der Waals surface area (Å²) < 4.78 is 12.0. The molecule has 1 fully saturated rings. The van der Waals surface area contributed by atoms with Crippen LogP contribution in [0.1, 0.15) is 30.5 Å². The zero-order valence-corrected chi connectivity index (χ0v) is 25.0. The molecular formula is C31H31BrN4O6. The van der Waals surface area contributed by atoms with Gasteiger partial charge in [0.1, 0.15) is 12.2 Å². The lowest BCUT2D eigenvalue weighted by molar-refractivity contribution is -0.127. The number of halogens is 1. The van der Waals surface area contributed by atoms with Crippen molar-refractivity contribution in [2.45, 2.75) is 27.2 Å². The van der Waals surface area contributed by atoms with E-state index in [4.69, 9.17) is 9.47 Å². The molecule has 0 bridgehead atoms. The standard InChI is InChI=1S/C31H31BrN4O6/c1-4-21-8-6-7-9-24(21)34-27(37)17-36-30(39)25(35-31(36)40)15-20-14-23(32)29(26(16-20)41-5-2)42-18-28(38)33-22-12-10-19(3)11-13-22/h6-16H,4-5,17-18H2,1-3H3,(H,33,38)(H,34,37)(H,35,40)/b25-15+. The fourth-order valence-electron chi connectivity index (χ4n) is 4.21. The maximum Gasteiger partial charge on any atom is 0.329 e. The summed E-state index contributed by atoms with van der Waals surface area (Å²) in [4.78, 5) is 51.5. The molecule has 3 aromatic carbocycles. The first kappa shape index (κ1) is 30.3. The number of benzene rings is 3. The molecule has 0 spiro atoms. The quantitative estimate of drug-likeness (QED) is 0.195. The number of carbonyl (C=O) groups excluding carboxylic acids is 4. The number of hydrogen-bond donors (Lipinski definition) is 3. The minimum Gasteiger partial charge on any atom is -0.490 e. The van der Waals surface area contributed by atoms with Crippen molar-refractivity contribution in [3.63, 3.8) is 0 Å². The van der Waals surface area contributed by atoms with Crippen molar-refractivity contribution >= 4 is 57.1 Å². The number of anilines is 2. The van der Waals surface area contributed by atoms with Crippen molar-refractivity contribution in [3.8, 4) is 11.5 Å². The van der Waals surface area contributed by atoms with Gasteiger partial charge in [-0.1, -0.05) is 42.8 Å². The van der Waals surface area contributed by atoms with E-state index in [-0.39, 0.29) is 18.2 Å². The largest absolute Gasteiger partial charge is 0.490 e. The molecule has 0 aliphatic carbocycles. The Morgan fingerprint density at radius 2 is 1.71 bits per heavy atom. The summed E-state index contributed by atoms with van der Waals surface area (Å²) in [6.45, 7) is 5.35. The van der Waals surface area contributed by atoms with Crippen LogP contribution in [0.5, 0.6) is 11.5 Å². The van der Waals surface area contributed by atoms with E-state index in [1.807, 2.05) is 38.1 Å². The van der Waals surface area contributed by atoms with Gasteiger partial charge in [0.2, 0.25) is 5.91 Å². The van der Waals surface area contributed by atoms with Gasteiger partial charge in [0, 0.05) is 11.4 Å². The third kappa shape index (κ3) is 7.55. The smallest absolute Gasteiger partial charge is 0.329 e. The molecule has 1 saturated heterocycles. The van der Waals surface area contributed by atoms with Crippen LogP contribution in [0.2, 0.25) is 0 Å². The number of amides is 5. The van der Waals surface area contributed by atoms with E-state index in [1.165, 1.54) is 6.08 Å². The van der Waals surface area contributed by atoms with Crippen LogP contribution < -0.4 is 25.4 Å². The Kier molecular flexibility index (Phi) is 9.98. The lowest BCUT2D eigenvalue weighted by Crippen LogP contribution is -2.38. The number of imide groups is 1. The van der Waals surface area contributed by atoms with Crippen molar-refractivity contribution in [2.24, 2.45) is 0 Å². The zero-order valence-electron chi connectivity index (χ0n) is 23.5. The summed E-state index contributed by atoms with van der Waals surface area (Å²) in [6, 6.07) is 17.3. The third-order valence-electron chi connectivity index (χ3n) is 6.26. The monoisotopic (exact) mass is 634 g/mol. The summed E-state index contributed by atoms with van der Waals surface area (Å²) in [5.74, 6) is -0.827. The molecule has 0 radical (unpaired) electrons. The van der Waals surface area contributed by atoms with Crippen molar-refractivity contribution in [1.29, 1.82) is 0 Å². The van der Waals surface area contributed by atoms with E-state index in [9.17, 15) is 19.2 Å². The van der Waals surface area contributed by atoms with Crippen LogP contribution in [0.25, 0.3) is 6.08 Å². The van der Waals surface area contributed by atoms with E-state index in [2.05, 4.69) is 31.9 Å². The number of aryl methyl sites for hydroxylation is 2. The average molecular weight is 636 g/mol. The van der Waals surface area contributed by atoms with Crippen molar-refractivity contribution < 1.29 is 28.7 Å². The molecule has 42 heavy (non-hydrogen) atoms. The summed E-state index contributed by atoms with van der Waals surface area (Å²) in [5, 5.41) is 8.07. The lowest BCUT2D eigenvalue weighted by Gasteiger charge is -2.15. The highest BCUT2D eigenvalue weighted by Crippen LogP contribution is 2.37. The molecule has 5 amide bonds. The number of hydrogen-bond acceptors (Lipinski definition) is 6. The van der Waals surface area contributed by atoms with Crippen LogP contribution in [-0.2, 0) is 20.8 Å². The molecule has 0 unspecified atom stereocenters. The van der Waals surface area contributed by atoms with Crippen LogP contribution in [0, 0.1) is 6.92 Å². The van der Waals surface area contributed by atoms with Gasteiger partial charge in [-0.05, 0) is 83.7 Å². The second kappa shape index (κ2) is 13.8. The van der Waals surface area contributed by atoms with Crippen LogP contribution in [0.15, 0.2) is 70.8 Å². The first-order chi connectivity index (χ1) is 20.2. The summed E-state index contributed by atoms with van der Waals surface area (Å²) in [5.41, 5.74) is 3.83. The highest BCUT2D eigenvalue weighted by molar-refractivity contribution is 9.10. The maximum absolute atomic E-state index is 13.0. The van der Waals surface area contributed by atoms with Crippen LogP contribution in [-0.4, -0.2) is 48.4 Å². The molecule has 0 atom stereocenters. The Morgan fingerprint density at radius 1 is 0.976 bits per heavy atom. The molecule has 4 rings (SSSR count). The zero-order chi connectivity index (χ0) is 30.2. The highest BCUT2D eigenvalue weighted by atomic mass is 79.9. The fourth-order valence-corrected chi connectivity index (χ4v) is 4.79. The Balaban J connectivity index is 1.44. The van der Waals surface area contributed by atoms with Crippen LogP contribution in [0.4, 0.5) is 16.2 Å². The van der Waals surface area contributed by atoms with E-state index in [0.29, 0.717) is 39.5 Å². The second-order valence-electron chi connectivity index (χ2n) is 9.40. The number of nitrogens with one attached hydrogen (secondary N) is 3. The number of para-hydroxylation sites is 1. The van der Waals surface area contributed by atoms with E-state index in [0.717, 1.165) is 22.4 Å². The number of rotatable bonds is 11. The van der Waals surface area contributed by atoms with Crippen molar-refractivity contribution in [2.75, 3.05) is 30.4 Å². The predicted octanol–water partition coefficient (Wildman–Crippen LogP) is 5.27. The van der Waals surface area contributed by atoms with Gasteiger partial charge in [-0.2, -0.15) is 0 Å². The van der Waals surface area contributed by atoms with Gasteiger partial charge in [-0.3, -0.25) is 14.4 Å².